The van der Waals surface area contributed by atoms with E-state index >= 15 is 0 Å². The molecular weight excluding hydrogens is 288 g/mol. The van der Waals surface area contributed by atoms with E-state index in [0.29, 0.717) is 0 Å². The first-order valence-electron chi connectivity index (χ1n) is 5.26. The second kappa shape index (κ2) is 3.98. The van der Waals surface area contributed by atoms with Gasteiger partial charge in [0.1, 0.15) is 10.8 Å². The van der Waals surface area contributed by atoms with Gasteiger partial charge in [-0.15, -0.1) is 11.3 Å². The number of thiophene rings is 1. The molecule has 0 radical (unpaired) electrons. The highest BCUT2D eigenvalue weighted by molar-refractivity contribution is 9.10. The predicted molar refractivity (Wildman–Crippen MR) is 67.4 cm³/mol. The Balaban J connectivity index is 2.20. The molecule has 1 atom stereocenters. The molecule has 84 valence electrons. The molecule has 3 nitrogen and oxygen atoms in total. The van der Waals surface area contributed by atoms with Gasteiger partial charge in [-0.05, 0) is 46.6 Å². The van der Waals surface area contributed by atoms with Crippen LogP contribution < -0.4 is 0 Å². The van der Waals surface area contributed by atoms with Crippen molar-refractivity contribution in [2.75, 3.05) is 0 Å². The molecule has 1 aliphatic heterocycles. The summed E-state index contributed by atoms with van der Waals surface area (Å²) in [6.45, 7) is 0. The van der Waals surface area contributed by atoms with Crippen molar-refractivity contribution in [3.05, 3.63) is 27.8 Å². The predicted octanol–water partition coefficient (Wildman–Crippen LogP) is 3.20. The Labute approximate surface area is 106 Å². The Hall–Kier alpha value is -0.650. The molecule has 0 saturated heterocycles. The molecule has 2 aromatic rings. The molecule has 1 aliphatic rings. The Bertz CT molecular complexity index is 506. The van der Waals surface area contributed by atoms with Crippen molar-refractivity contribution in [3.63, 3.8) is 0 Å². The lowest BCUT2D eigenvalue weighted by atomic mass is 10.1. The highest BCUT2D eigenvalue weighted by atomic mass is 79.9. The zero-order valence-electron chi connectivity index (χ0n) is 8.56. The van der Waals surface area contributed by atoms with Gasteiger partial charge in [-0.3, -0.25) is 4.57 Å². The van der Waals surface area contributed by atoms with Gasteiger partial charge in [0, 0.05) is 0 Å². The molecule has 3 rings (SSSR count). The van der Waals surface area contributed by atoms with Crippen molar-refractivity contribution < 1.29 is 5.11 Å². The lowest BCUT2D eigenvalue weighted by Gasteiger charge is -2.22. The van der Waals surface area contributed by atoms with Crippen molar-refractivity contribution in [2.45, 2.75) is 25.5 Å². The fourth-order valence-corrected chi connectivity index (χ4v) is 3.41. The number of imidazole rings is 1. The number of aliphatic hydroxyl groups excluding tert-OH is 1. The van der Waals surface area contributed by atoms with Gasteiger partial charge in [-0.2, -0.15) is 0 Å². The molecule has 0 bridgehead atoms. The molecule has 0 aromatic carbocycles. The smallest absolute Gasteiger partial charge is 0.153 e. The molecule has 2 aromatic heterocycles. The van der Waals surface area contributed by atoms with E-state index in [2.05, 4.69) is 20.9 Å². The molecule has 3 heterocycles. The number of aliphatic hydroxyl groups is 1. The zero-order chi connectivity index (χ0) is 11.1. The van der Waals surface area contributed by atoms with E-state index in [9.17, 15) is 5.11 Å². The van der Waals surface area contributed by atoms with E-state index in [1.807, 2.05) is 22.1 Å². The van der Waals surface area contributed by atoms with E-state index in [0.717, 1.165) is 40.3 Å². The number of hydrogen-bond donors (Lipinski definition) is 1. The Morgan fingerprint density at radius 2 is 2.44 bits per heavy atom. The summed E-state index contributed by atoms with van der Waals surface area (Å²) in [7, 11) is 0. The quantitative estimate of drug-likeness (QED) is 0.878. The molecule has 0 amide bonds. The lowest BCUT2D eigenvalue weighted by Crippen LogP contribution is -2.17. The van der Waals surface area contributed by atoms with E-state index < -0.39 is 6.23 Å². The third-order valence-electron chi connectivity index (χ3n) is 2.88. The topological polar surface area (TPSA) is 38.1 Å². The molecule has 1 N–H and O–H groups in total. The molecule has 5 heteroatoms. The summed E-state index contributed by atoms with van der Waals surface area (Å²) in [6.07, 6.45) is 2.39. The van der Waals surface area contributed by atoms with Crippen molar-refractivity contribution in [1.29, 1.82) is 0 Å². The van der Waals surface area contributed by atoms with Crippen LogP contribution in [-0.2, 0) is 6.42 Å². The van der Waals surface area contributed by atoms with Gasteiger partial charge in [0.25, 0.3) is 0 Å². The monoisotopic (exact) mass is 298 g/mol. The number of rotatable bonds is 1. The number of hydrogen-bond acceptors (Lipinski definition) is 3. The number of halogens is 1. The van der Waals surface area contributed by atoms with Crippen LogP contribution in [0.1, 0.15) is 24.8 Å². The van der Waals surface area contributed by atoms with Gasteiger partial charge in [0.2, 0.25) is 0 Å². The van der Waals surface area contributed by atoms with Crippen LogP contribution in [0.3, 0.4) is 0 Å². The average molecular weight is 299 g/mol. The molecule has 0 fully saturated rings. The summed E-state index contributed by atoms with van der Waals surface area (Å²) in [5, 5.41) is 12.1. The number of nitrogens with zero attached hydrogens (tertiary/aromatic N) is 2. The molecule has 0 saturated carbocycles. The summed E-state index contributed by atoms with van der Waals surface area (Å²) in [6, 6.07) is 4.04. The van der Waals surface area contributed by atoms with Crippen molar-refractivity contribution in [3.8, 4) is 10.7 Å². The summed E-state index contributed by atoms with van der Waals surface area (Å²) < 4.78 is 2.83. The minimum Gasteiger partial charge on any atom is -0.373 e. The average Bonchev–Trinajstić information content (AvgIpc) is 2.87. The minimum absolute atomic E-state index is 0.431. The molecular formula is C11H11BrN2OS. The van der Waals surface area contributed by atoms with Crippen LogP contribution >= 0.6 is 27.3 Å². The first kappa shape index (κ1) is 10.5. The van der Waals surface area contributed by atoms with Crippen LogP contribution in [0.25, 0.3) is 10.7 Å². The Morgan fingerprint density at radius 3 is 3.19 bits per heavy atom. The van der Waals surface area contributed by atoms with Crippen LogP contribution in [0, 0.1) is 0 Å². The van der Waals surface area contributed by atoms with Crippen molar-refractivity contribution in [2.24, 2.45) is 0 Å². The Morgan fingerprint density at radius 1 is 1.56 bits per heavy atom. The molecule has 1 unspecified atom stereocenters. The van der Waals surface area contributed by atoms with Crippen LogP contribution in [0.2, 0.25) is 0 Å². The standard InChI is InChI=1S/C11H11BrN2OS/c12-10-7-3-1-5-9(15)14(7)11(13-10)8-4-2-6-16-8/h2,4,6,9,15H,1,3,5H2. The maximum absolute atomic E-state index is 10.1. The van der Waals surface area contributed by atoms with Crippen molar-refractivity contribution in [1.82, 2.24) is 9.55 Å². The molecule has 0 spiro atoms. The highest BCUT2D eigenvalue weighted by Gasteiger charge is 2.25. The SMILES string of the molecule is OC1CCCc2c(Br)nc(-c3cccs3)n21. The Kier molecular flexibility index (Phi) is 2.61. The largest absolute Gasteiger partial charge is 0.373 e. The maximum Gasteiger partial charge on any atom is 0.153 e. The van der Waals surface area contributed by atoms with Gasteiger partial charge in [-0.1, -0.05) is 6.07 Å². The fraction of sp³-hybridized carbons (Fsp3) is 0.364. The summed E-state index contributed by atoms with van der Waals surface area (Å²) in [5.41, 5.74) is 1.11. The van der Waals surface area contributed by atoms with E-state index in [4.69, 9.17) is 0 Å². The van der Waals surface area contributed by atoms with Crippen LogP contribution in [0.5, 0.6) is 0 Å². The highest BCUT2D eigenvalue weighted by Crippen LogP contribution is 2.35. The number of fused-ring (bicyclic) bond motifs is 1. The second-order valence-electron chi connectivity index (χ2n) is 3.89. The first-order chi connectivity index (χ1) is 7.77. The molecule has 0 aliphatic carbocycles. The third kappa shape index (κ3) is 1.54. The minimum atomic E-state index is -0.431. The van der Waals surface area contributed by atoms with E-state index in [-0.39, 0.29) is 0 Å². The van der Waals surface area contributed by atoms with Crippen molar-refractivity contribution >= 4 is 27.3 Å². The zero-order valence-corrected chi connectivity index (χ0v) is 11.0. The second-order valence-corrected chi connectivity index (χ2v) is 5.59. The fourth-order valence-electron chi connectivity index (χ4n) is 2.14. The molecule has 16 heavy (non-hydrogen) atoms. The third-order valence-corrected chi connectivity index (χ3v) is 4.38. The maximum atomic E-state index is 10.1. The lowest BCUT2D eigenvalue weighted by molar-refractivity contribution is 0.0806. The summed E-state index contributed by atoms with van der Waals surface area (Å²) in [5.74, 6) is 0.879. The van der Waals surface area contributed by atoms with Gasteiger partial charge in [-0.25, -0.2) is 4.98 Å². The van der Waals surface area contributed by atoms with Gasteiger partial charge < -0.3 is 5.11 Å². The summed E-state index contributed by atoms with van der Waals surface area (Å²) >= 11 is 5.13. The van der Waals surface area contributed by atoms with E-state index in [1.165, 1.54) is 0 Å². The van der Waals surface area contributed by atoms with Gasteiger partial charge in [0.05, 0.1) is 10.6 Å². The van der Waals surface area contributed by atoms with Crippen LogP contribution in [0.4, 0.5) is 0 Å². The van der Waals surface area contributed by atoms with E-state index in [1.54, 1.807) is 11.3 Å². The normalized spacial score (nSPS) is 19.8. The van der Waals surface area contributed by atoms with Gasteiger partial charge >= 0.3 is 0 Å². The van der Waals surface area contributed by atoms with Crippen LogP contribution in [-0.4, -0.2) is 14.7 Å². The van der Waals surface area contributed by atoms with Gasteiger partial charge in [0.15, 0.2) is 5.82 Å². The number of aromatic nitrogens is 2. The first-order valence-corrected chi connectivity index (χ1v) is 6.93. The summed E-state index contributed by atoms with van der Waals surface area (Å²) in [4.78, 5) is 5.62. The van der Waals surface area contributed by atoms with Crippen LogP contribution in [0.15, 0.2) is 22.1 Å².